The predicted octanol–water partition coefficient (Wildman–Crippen LogP) is 3.39. The first kappa shape index (κ1) is 13.8. The van der Waals surface area contributed by atoms with E-state index in [0.717, 1.165) is 24.8 Å². The van der Waals surface area contributed by atoms with E-state index in [0.29, 0.717) is 0 Å². The van der Waals surface area contributed by atoms with Crippen molar-refractivity contribution in [1.29, 1.82) is 0 Å². The molecular formula is C18H18O3. The molecule has 3 heteroatoms. The van der Waals surface area contributed by atoms with Gasteiger partial charge in [0.15, 0.2) is 6.10 Å². The van der Waals surface area contributed by atoms with Crippen LogP contribution in [0.3, 0.4) is 0 Å². The van der Waals surface area contributed by atoms with Crippen LogP contribution in [0.15, 0.2) is 60.7 Å². The first-order chi connectivity index (χ1) is 10.2. The van der Waals surface area contributed by atoms with E-state index in [-0.39, 0.29) is 0 Å². The molecule has 1 aliphatic rings. The number of hydrogen-bond acceptors (Lipinski definition) is 2. The fraction of sp³-hybridized carbons (Fsp3) is 0.278. The van der Waals surface area contributed by atoms with Crippen molar-refractivity contribution in [3.05, 3.63) is 71.8 Å². The number of carboxylic acid groups (broad SMARTS) is 1. The minimum Gasteiger partial charge on any atom is -0.479 e. The second-order valence-corrected chi connectivity index (χ2v) is 5.43. The number of benzene rings is 2. The highest BCUT2D eigenvalue weighted by molar-refractivity contribution is 5.77. The van der Waals surface area contributed by atoms with Crippen LogP contribution in [0.5, 0.6) is 0 Å². The summed E-state index contributed by atoms with van der Waals surface area (Å²) in [5.41, 5.74) is 1.60. The van der Waals surface area contributed by atoms with Crippen LogP contribution in [0.25, 0.3) is 0 Å². The number of epoxide rings is 1. The van der Waals surface area contributed by atoms with E-state index >= 15 is 0 Å². The molecule has 1 fully saturated rings. The summed E-state index contributed by atoms with van der Waals surface area (Å²) in [5, 5.41) is 9.24. The number of aliphatic carboxylic acids is 1. The van der Waals surface area contributed by atoms with Crippen molar-refractivity contribution < 1.29 is 14.6 Å². The maximum absolute atomic E-state index is 11.3. The van der Waals surface area contributed by atoms with Crippen molar-refractivity contribution >= 4 is 5.97 Å². The van der Waals surface area contributed by atoms with Crippen LogP contribution < -0.4 is 0 Å². The Morgan fingerprint density at radius 1 is 1.05 bits per heavy atom. The van der Waals surface area contributed by atoms with Gasteiger partial charge in [-0.05, 0) is 30.4 Å². The van der Waals surface area contributed by atoms with Crippen LogP contribution in [0.2, 0.25) is 0 Å². The molecule has 0 bridgehead atoms. The Labute approximate surface area is 124 Å². The number of rotatable bonds is 6. The van der Waals surface area contributed by atoms with Gasteiger partial charge in [0.05, 0.1) is 0 Å². The zero-order valence-electron chi connectivity index (χ0n) is 11.7. The van der Waals surface area contributed by atoms with Crippen LogP contribution >= 0.6 is 0 Å². The third-order valence-corrected chi connectivity index (χ3v) is 4.04. The topological polar surface area (TPSA) is 49.8 Å². The van der Waals surface area contributed by atoms with Crippen LogP contribution in [0, 0.1) is 0 Å². The summed E-state index contributed by atoms with van der Waals surface area (Å²) in [6, 6.07) is 19.9. The van der Waals surface area contributed by atoms with Gasteiger partial charge in [0, 0.05) is 0 Å². The van der Waals surface area contributed by atoms with E-state index in [9.17, 15) is 9.90 Å². The molecule has 2 unspecified atom stereocenters. The molecule has 2 aromatic rings. The molecule has 21 heavy (non-hydrogen) atoms. The molecule has 2 aromatic carbocycles. The lowest BCUT2D eigenvalue weighted by Gasteiger charge is -2.12. The Balaban J connectivity index is 1.69. The highest BCUT2D eigenvalue weighted by Gasteiger charge is 2.61. The third kappa shape index (κ3) is 2.83. The molecular weight excluding hydrogens is 264 g/mol. The van der Waals surface area contributed by atoms with E-state index in [1.165, 1.54) is 5.56 Å². The first-order valence-electron chi connectivity index (χ1n) is 7.22. The smallest absolute Gasteiger partial charge is 0.336 e. The quantitative estimate of drug-likeness (QED) is 0.826. The highest BCUT2D eigenvalue weighted by atomic mass is 16.6. The predicted molar refractivity (Wildman–Crippen MR) is 80.0 cm³/mol. The summed E-state index contributed by atoms with van der Waals surface area (Å²) >= 11 is 0. The number of ether oxygens (including phenoxy) is 1. The van der Waals surface area contributed by atoms with Crippen molar-refractivity contribution in [1.82, 2.24) is 0 Å². The maximum Gasteiger partial charge on any atom is 0.336 e. The van der Waals surface area contributed by atoms with Crippen LogP contribution in [-0.2, 0) is 21.6 Å². The highest BCUT2D eigenvalue weighted by Crippen LogP contribution is 2.50. The van der Waals surface area contributed by atoms with Gasteiger partial charge < -0.3 is 9.84 Å². The van der Waals surface area contributed by atoms with Crippen molar-refractivity contribution in [2.24, 2.45) is 0 Å². The molecule has 1 N–H and O–H groups in total. The van der Waals surface area contributed by atoms with Gasteiger partial charge in [-0.1, -0.05) is 60.7 Å². The van der Waals surface area contributed by atoms with Crippen LogP contribution in [-0.4, -0.2) is 17.2 Å². The third-order valence-electron chi connectivity index (χ3n) is 4.04. The molecule has 108 valence electrons. The summed E-state index contributed by atoms with van der Waals surface area (Å²) in [6.45, 7) is 0. The van der Waals surface area contributed by atoms with E-state index in [4.69, 9.17) is 4.74 Å². The summed E-state index contributed by atoms with van der Waals surface area (Å²) in [5.74, 6) is -0.876. The fourth-order valence-corrected chi connectivity index (χ4v) is 2.90. The number of aryl methyl sites for hydroxylation is 1. The van der Waals surface area contributed by atoms with E-state index in [1.54, 1.807) is 0 Å². The summed E-state index contributed by atoms with van der Waals surface area (Å²) in [4.78, 5) is 11.3. The largest absolute Gasteiger partial charge is 0.479 e. The average Bonchev–Trinajstić information content (AvgIpc) is 3.26. The van der Waals surface area contributed by atoms with Crippen molar-refractivity contribution in [3.63, 3.8) is 0 Å². The number of carboxylic acids is 1. The summed E-state index contributed by atoms with van der Waals surface area (Å²) in [6.07, 6.45) is 1.85. The molecule has 0 spiro atoms. The van der Waals surface area contributed by atoms with Gasteiger partial charge in [0.1, 0.15) is 5.60 Å². The minimum absolute atomic E-state index is 0.637. The SMILES string of the molecule is O=C(O)C1OC1(CCCc1ccccc1)c1ccccc1. The van der Waals surface area contributed by atoms with E-state index in [1.807, 2.05) is 48.5 Å². The lowest BCUT2D eigenvalue weighted by molar-refractivity contribution is -0.138. The Kier molecular flexibility index (Phi) is 3.76. The summed E-state index contributed by atoms with van der Waals surface area (Å²) in [7, 11) is 0. The Bertz CT molecular complexity index is 609. The fourth-order valence-electron chi connectivity index (χ4n) is 2.90. The first-order valence-corrected chi connectivity index (χ1v) is 7.22. The van der Waals surface area contributed by atoms with Crippen molar-refractivity contribution in [2.45, 2.75) is 31.0 Å². The molecule has 1 heterocycles. The monoisotopic (exact) mass is 282 g/mol. The van der Waals surface area contributed by atoms with Gasteiger partial charge in [0.25, 0.3) is 0 Å². The molecule has 3 rings (SSSR count). The molecule has 2 atom stereocenters. The molecule has 0 aromatic heterocycles. The lowest BCUT2D eigenvalue weighted by atomic mass is 9.89. The maximum atomic E-state index is 11.3. The normalized spacial score (nSPS) is 23.7. The van der Waals surface area contributed by atoms with Gasteiger partial charge >= 0.3 is 5.97 Å². The molecule has 0 saturated carbocycles. The zero-order chi connectivity index (χ0) is 14.7. The summed E-state index contributed by atoms with van der Waals surface area (Å²) < 4.78 is 5.59. The molecule has 0 aliphatic carbocycles. The molecule has 1 saturated heterocycles. The number of carbonyl (C=O) groups is 1. The molecule has 1 aliphatic heterocycles. The standard InChI is InChI=1S/C18H18O3/c19-17(20)16-18(21-16,15-11-5-2-6-12-15)13-7-10-14-8-3-1-4-9-14/h1-6,8-9,11-12,16H,7,10,13H2,(H,19,20). The second kappa shape index (κ2) is 5.70. The molecule has 0 radical (unpaired) electrons. The lowest BCUT2D eigenvalue weighted by Crippen LogP contribution is -2.19. The van der Waals surface area contributed by atoms with Crippen LogP contribution in [0.1, 0.15) is 24.0 Å². The van der Waals surface area contributed by atoms with Gasteiger partial charge in [-0.3, -0.25) is 0 Å². The van der Waals surface area contributed by atoms with Gasteiger partial charge in [-0.15, -0.1) is 0 Å². The van der Waals surface area contributed by atoms with Gasteiger partial charge in [-0.2, -0.15) is 0 Å². The Hall–Kier alpha value is -2.13. The molecule has 3 nitrogen and oxygen atoms in total. The van der Waals surface area contributed by atoms with Crippen molar-refractivity contribution in [2.75, 3.05) is 0 Å². The van der Waals surface area contributed by atoms with Gasteiger partial charge in [0.2, 0.25) is 0 Å². The molecule has 0 amide bonds. The second-order valence-electron chi connectivity index (χ2n) is 5.43. The van der Waals surface area contributed by atoms with Crippen LogP contribution in [0.4, 0.5) is 0 Å². The number of hydrogen-bond donors (Lipinski definition) is 1. The minimum atomic E-state index is -0.876. The van der Waals surface area contributed by atoms with Crippen molar-refractivity contribution in [3.8, 4) is 0 Å². The average molecular weight is 282 g/mol. The van der Waals surface area contributed by atoms with E-state index in [2.05, 4.69) is 12.1 Å². The van der Waals surface area contributed by atoms with E-state index < -0.39 is 17.7 Å². The Morgan fingerprint density at radius 3 is 2.24 bits per heavy atom. The Morgan fingerprint density at radius 2 is 1.67 bits per heavy atom. The zero-order valence-corrected chi connectivity index (χ0v) is 11.7. The van der Waals surface area contributed by atoms with Gasteiger partial charge in [-0.25, -0.2) is 4.79 Å².